The second-order valence-electron chi connectivity index (χ2n) is 10.1. The van der Waals surface area contributed by atoms with Gasteiger partial charge in [0, 0.05) is 36.7 Å². The van der Waals surface area contributed by atoms with Gasteiger partial charge in [-0.25, -0.2) is 19.3 Å². The zero-order valence-electron chi connectivity index (χ0n) is 22.0. The summed E-state index contributed by atoms with van der Waals surface area (Å²) in [6.45, 7) is 3.89. The Labute approximate surface area is 231 Å². The molecule has 2 N–H and O–H groups in total. The van der Waals surface area contributed by atoms with Crippen molar-refractivity contribution >= 4 is 39.0 Å². The highest BCUT2D eigenvalue weighted by atomic mass is 32.1. The van der Waals surface area contributed by atoms with Crippen LogP contribution < -0.4 is 5.73 Å². The van der Waals surface area contributed by atoms with Crippen LogP contribution in [-0.2, 0) is 11.2 Å². The number of carbonyl (C=O) groups is 1. The lowest BCUT2D eigenvalue weighted by atomic mass is 9.93. The number of aromatic nitrogens is 4. The Morgan fingerprint density at radius 2 is 1.95 bits per heavy atom. The van der Waals surface area contributed by atoms with Crippen LogP contribution in [0.4, 0.5) is 10.6 Å². The van der Waals surface area contributed by atoms with Crippen molar-refractivity contribution in [2.75, 3.05) is 25.4 Å². The standard InChI is InChI=1S/C30H32N6O2S/c1-2-3-15-38-30(37)35-13-11-21(12-14-35)25-18-23(28-29(31)32-19-33-36(25)28)22-9-10-24-26(17-22)39-27(34-24)16-20-7-5-4-6-8-20/h4-10,17-19,21H,2-3,11-16H2,1H3,(H2,31,32,33). The predicted octanol–water partition coefficient (Wildman–Crippen LogP) is 6.30. The maximum absolute atomic E-state index is 12.4. The van der Waals surface area contributed by atoms with Crippen molar-refractivity contribution in [2.24, 2.45) is 0 Å². The summed E-state index contributed by atoms with van der Waals surface area (Å²) in [4.78, 5) is 23.4. The van der Waals surface area contributed by atoms with Gasteiger partial charge in [-0.1, -0.05) is 49.7 Å². The quantitative estimate of drug-likeness (QED) is 0.243. The third-order valence-corrected chi connectivity index (χ3v) is 8.47. The van der Waals surface area contributed by atoms with Crippen molar-refractivity contribution in [2.45, 2.75) is 44.9 Å². The summed E-state index contributed by atoms with van der Waals surface area (Å²) in [7, 11) is 0. The molecule has 1 amide bonds. The van der Waals surface area contributed by atoms with E-state index >= 15 is 0 Å². The normalized spacial score (nSPS) is 14.3. The number of nitrogen functional groups attached to an aromatic ring is 1. The summed E-state index contributed by atoms with van der Waals surface area (Å²) in [5.74, 6) is 0.710. The zero-order chi connectivity index (χ0) is 26.8. The van der Waals surface area contributed by atoms with Gasteiger partial charge in [0.25, 0.3) is 0 Å². The minimum Gasteiger partial charge on any atom is -0.449 e. The average Bonchev–Trinajstić information content (AvgIpc) is 3.55. The fourth-order valence-electron chi connectivity index (χ4n) is 5.34. The molecule has 39 heavy (non-hydrogen) atoms. The van der Waals surface area contributed by atoms with E-state index in [1.165, 1.54) is 11.9 Å². The minimum absolute atomic E-state index is 0.210. The number of anilines is 1. The van der Waals surface area contributed by atoms with Gasteiger partial charge in [0.05, 0.1) is 21.8 Å². The molecule has 3 aromatic heterocycles. The summed E-state index contributed by atoms with van der Waals surface area (Å²) in [6.07, 6.45) is 5.71. The second-order valence-corrected chi connectivity index (χ2v) is 11.2. The van der Waals surface area contributed by atoms with E-state index in [9.17, 15) is 4.79 Å². The molecule has 1 aliphatic heterocycles. The Hall–Kier alpha value is -3.98. The largest absolute Gasteiger partial charge is 0.449 e. The smallest absolute Gasteiger partial charge is 0.409 e. The van der Waals surface area contributed by atoms with E-state index in [1.54, 1.807) is 11.3 Å². The Bertz CT molecular complexity index is 1600. The van der Waals surface area contributed by atoms with Gasteiger partial charge in [-0.05, 0) is 48.6 Å². The molecule has 0 atom stereocenters. The third-order valence-electron chi connectivity index (χ3n) is 7.45. The molecule has 0 aliphatic carbocycles. The number of likely N-dealkylation sites (tertiary alicyclic amines) is 1. The molecule has 1 saturated heterocycles. The number of fused-ring (bicyclic) bond motifs is 2. The molecule has 0 radical (unpaired) electrons. The first-order chi connectivity index (χ1) is 19.1. The number of unbranched alkanes of at least 4 members (excludes halogenated alkanes) is 1. The zero-order valence-corrected chi connectivity index (χ0v) is 22.9. The van der Waals surface area contributed by atoms with E-state index in [0.717, 1.165) is 69.7 Å². The van der Waals surface area contributed by atoms with Gasteiger partial charge in [-0.3, -0.25) is 0 Å². The lowest BCUT2D eigenvalue weighted by Gasteiger charge is -2.31. The van der Waals surface area contributed by atoms with Gasteiger partial charge < -0.3 is 15.4 Å². The van der Waals surface area contributed by atoms with Gasteiger partial charge in [-0.2, -0.15) is 5.10 Å². The van der Waals surface area contributed by atoms with Crippen molar-refractivity contribution < 1.29 is 9.53 Å². The highest BCUT2D eigenvalue weighted by molar-refractivity contribution is 7.18. The summed E-state index contributed by atoms with van der Waals surface area (Å²) in [5.41, 5.74) is 12.7. The number of nitrogens with two attached hydrogens (primary N) is 1. The van der Waals surface area contributed by atoms with E-state index in [0.29, 0.717) is 25.5 Å². The lowest BCUT2D eigenvalue weighted by Crippen LogP contribution is -2.38. The highest BCUT2D eigenvalue weighted by Gasteiger charge is 2.28. The van der Waals surface area contributed by atoms with Crippen LogP contribution in [0.3, 0.4) is 0 Å². The van der Waals surface area contributed by atoms with Gasteiger partial charge >= 0.3 is 6.09 Å². The van der Waals surface area contributed by atoms with Crippen molar-refractivity contribution in [1.82, 2.24) is 24.5 Å². The Balaban J connectivity index is 1.27. The molecule has 0 saturated carbocycles. The van der Waals surface area contributed by atoms with Crippen molar-refractivity contribution in [3.05, 3.63) is 77.2 Å². The van der Waals surface area contributed by atoms with Crippen LogP contribution in [-0.4, -0.2) is 50.3 Å². The summed E-state index contributed by atoms with van der Waals surface area (Å²) in [5, 5.41) is 5.69. The Kier molecular flexibility index (Phi) is 7.15. The molecule has 6 rings (SSSR count). The fourth-order valence-corrected chi connectivity index (χ4v) is 6.38. The number of amides is 1. The number of hydrogen-bond donors (Lipinski definition) is 1. The molecule has 1 aliphatic rings. The molecule has 5 aromatic rings. The maximum atomic E-state index is 12.4. The Morgan fingerprint density at radius 1 is 1.13 bits per heavy atom. The van der Waals surface area contributed by atoms with E-state index in [1.807, 2.05) is 15.5 Å². The predicted molar refractivity (Wildman–Crippen MR) is 155 cm³/mol. The van der Waals surface area contributed by atoms with Crippen LogP contribution in [0.5, 0.6) is 0 Å². The summed E-state index contributed by atoms with van der Waals surface area (Å²) < 4.78 is 8.50. The summed E-state index contributed by atoms with van der Waals surface area (Å²) >= 11 is 1.73. The van der Waals surface area contributed by atoms with Crippen LogP contribution >= 0.6 is 11.3 Å². The number of rotatable bonds is 7. The van der Waals surface area contributed by atoms with Crippen LogP contribution in [0.2, 0.25) is 0 Å². The van der Waals surface area contributed by atoms with E-state index < -0.39 is 0 Å². The molecule has 0 unspecified atom stereocenters. The monoisotopic (exact) mass is 540 g/mol. The molecular weight excluding hydrogens is 508 g/mol. The van der Waals surface area contributed by atoms with E-state index in [4.69, 9.17) is 15.5 Å². The summed E-state index contributed by atoms with van der Waals surface area (Å²) in [6, 6.07) is 19.0. The highest BCUT2D eigenvalue weighted by Crippen LogP contribution is 2.38. The molecule has 4 heterocycles. The molecule has 0 bridgehead atoms. The number of nitrogens with zero attached hydrogens (tertiary/aromatic N) is 5. The number of thiazole rings is 1. The van der Waals surface area contributed by atoms with Crippen LogP contribution in [0.1, 0.15) is 54.8 Å². The molecular formula is C30H32N6O2S. The number of benzene rings is 2. The number of carbonyl (C=O) groups excluding carboxylic acids is 1. The fraction of sp³-hybridized carbons (Fsp3) is 0.333. The van der Waals surface area contributed by atoms with Crippen molar-refractivity contribution in [3.8, 4) is 11.1 Å². The van der Waals surface area contributed by atoms with Gasteiger partial charge in [0.2, 0.25) is 0 Å². The van der Waals surface area contributed by atoms with E-state index in [2.05, 4.69) is 65.5 Å². The van der Waals surface area contributed by atoms with Crippen LogP contribution in [0, 0.1) is 0 Å². The van der Waals surface area contributed by atoms with Crippen molar-refractivity contribution in [1.29, 1.82) is 0 Å². The number of piperidine rings is 1. The molecule has 8 nitrogen and oxygen atoms in total. The topological polar surface area (TPSA) is 98.6 Å². The van der Waals surface area contributed by atoms with Crippen molar-refractivity contribution in [3.63, 3.8) is 0 Å². The first-order valence-corrected chi connectivity index (χ1v) is 14.4. The van der Waals surface area contributed by atoms with Gasteiger partial charge in [0.1, 0.15) is 11.8 Å². The maximum Gasteiger partial charge on any atom is 0.409 e. The van der Waals surface area contributed by atoms with Gasteiger partial charge in [-0.15, -0.1) is 11.3 Å². The van der Waals surface area contributed by atoms with Crippen LogP contribution in [0.25, 0.3) is 26.9 Å². The SMILES string of the molecule is CCCCOC(=O)N1CCC(c2cc(-c3ccc4nc(Cc5ccccc5)sc4c3)c3c(N)ncnn23)CC1. The van der Waals surface area contributed by atoms with Crippen LogP contribution in [0.15, 0.2) is 60.9 Å². The number of hydrogen-bond acceptors (Lipinski definition) is 7. The molecule has 2 aromatic carbocycles. The first kappa shape index (κ1) is 25.3. The molecule has 9 heteroatoms. The molecule has 200 valence electrons. The first-order valence-electron chi connectivity index (χ1n) is 13.6. The lowest BCUT2D eigenvalue weighted by molar-refractivity contribution is 0.0913. The second kappa shape index (κ2) is 11.0. The Morgan fingerprint density at radius 3 is 2.74 bits per heavy atom. The average molecular weight is 541 g/mol. The minimum atomic E-state index is -0.210. The van der Waals surface area contributed by atoms with Gasteiger partial charge in [0.15, 0.2) is 5.82 Å². The molecule has 0 spiro atoms. The molecule has 1 fully saturated rings. The number of ether oxygens (including phenoxy) is 1. The van der Waals surface area contributed by atoms with E-state index in [-0.39, 0.29) is 12.0 Å². The third kappa shape index (κ3) is 5.18.